The minimum atomic E-state index is -3.21. The standard InChI is InChI=1S/C14H13ClO2S/c15-13-6-4-5-12(11-13)9-10-18(16,17)14-7-2-1-3-8-14/h1-8,11H,9-10H2. The third-order valence-corrected chi connectivity index (χ3v) is 4.62. The zero-order valence-corrected chi connectivity index (χ0v) is 11.3. The van der Waals surface area contributed by atoms with Gasteiger partial charge in [-0.25, -0.2) is 8.42 Å². The molecule has 2 rings (SSSR count). The molecule has 0 atom stereocenters. The Balaban J connectivity index is 2.11. The SMILES string of the molecule is O=S(=O)(CCc1cccc(Cl)c1)c1ccccc1. The number of hydrogen-bond acceptors (Lipinski definition) is 2. The quantitative estimate of drug-likeness (QED) is 0.861. The number of benzene rings is 2. The summed E-state index contributed by atoms with van der Waals surface area (Å²) < 4.78 is 24.1. The van der Waals surface area contributed by atoms with Crippen LogP contribution in [0.3, 0.4) is 0 Å². The molecule has 0 radical (unpaired) electrons. The molecule has 0 aromatic heterocycles. The van der Waals surface area contributed by atoms with E-state index in [4.69, 9.17) is 11.6 Å². The predicted octanol–water partition coefficient (Wildman–Crippen LogP) is 3.36. The summed E-state index contributed by atoms with van der Waals surface area (Å²) in [7, 11) is -3.21. The van der Waals surface area contributed by atoms with Crippen LogP contribution in [0.4, 0.5) is 0 Å². The molecule has 0 fully saturated rings. The minimum absolute atomic E-state index is 0.0946. The zero-order valence-electron chi connectivity index (χ0n) is 9.71. The molecule has 94 valence electrons. The van der Waals surface area contributed by atoms with Gasteiger partial charge >= 0.3 is 0 Å². The van der Waals surface area contributed by atoms with Gasteiger partial charge in [0, 0.05) is 5.02 Å². The molecular formula is C14H13ClO2S. The number of rotatable bonds is 4. The van der Waals surface area contributed by atoms with Crippen molar-refractivity contribution in [2.24, 2.45) is 0 Å². The highest BCUT2D eigenvalue weighted by Crippen LogP contribution is 2.15. The lowest BCUT2D eigenvalue weighted by atomic mass is 10.2. The Labute approximate surface area is 112 Å². The van der Waals surface area contributed by atoms with Gasteiger partial charge < -0.3 is 0 Å². The average molecular weight is 281 g/mol. The van der Waals surface area contributed by atoms with Gasteiger partial charge in [0.05, 0.1) is 10.6 Å². The Kier molecular flexibility index (Phi) is 4.04. The van der Waals surface area contributed by atoms with Crippen LogP contribution >= 0.6 is 11.6 Å². The van der Waals surface area contributed by atoms with Crippen LogP contribution in [0.2, 0.25) is 5.02 Å². The third-order valence-electron chi connectivity index (χ3n) is 2.65. The van der Waals surface area contributed by atoms with E-state index in [2.05, 4.69) is 0 Å². The first kappa shape index (κ1) is 13.1. The molecule has 0 spiro atoms. The molecule has 0 saturated carbocycles. The van der Waals surface area contributed by atoms with E-state index in [1.807, 2.05) is 12.1 Å². The van der Waals surface area contributed by atoms with E-state index < -0.39 is 9.84 Å². The van der Waals surface area contributed by atoms with Crippen LogP contribution in [0.15, 0.2) is 59.5 Å². The highest BCUT2D eigenvalue weighted by Gasteiger charge is 2.13. The largest absolute Gasteiger partial charge is 0.224 e. The van der Waals surface area contributed by atoms with Gasteiger partial charge in [-0.05, 0) is 36.2 Å². The monoisotopic (exact) mass is 280 g/mol. The van der Waals surface area contributed by atoms with Gasteiger partial charge in [0.15, 0.2) is 9.84 Å². The van der Waals surface area contributed by atoms with E-state index in [0.29, 0.717) is 16.3 Å². The van der Waals surface area contributed by atoms with Crippen LogP contribution in [0.1, 0.15) is 5.56 Å². The Morgan fingerprint density at radius 1 is 0.944 bits per heavy atom. The maximum atomic E-state index is 12.1. The number of aryl methyl sites for hydroxylation is 1. The van der Waals surface area contributed by atoms with Crippen molar-refractivity contribution in [3.8, 4) is 0 Å². The summed E-state index contributed by atoms with van der Waals surface area (Å²) in [5.74, 6) is 0.0946. The summed E-state index contributed by atoms with van der Waals surface area (Å²) in [5.41, 5.74) is 0.932. The minimum Gasteiger partial charge on any atom is -0.224 e. The molecule has 18 heavy (non-hydrogen) atoms. The fraction of sp³-hybridized carbons (Fsp3) is 0.143. The summed E-state index contributed by atoms with van der Waals surface area (Å²) in [6.45, 7) is 0. The average Bonchev–Trinajstić information content (AvgIpc) is 2.38. The number of sulfone groups is 1. The Morgan fingerprint density at radius 2 is 1.67 bits per heavy atom. The molecular weight excluding hydrogens is 268 g/mol. The fourth-order valence-corrected chi connectivity index (χ4v) is 3.22. The Hall–Kier alpha value is -1.32. The van der Waals surface area contributed by atoms with Crippen LogP contribution < -0.4 is 0 Å². The molecule has 4 heteroatoms. The molecule has 0 amide bonds. The van der Waals surface area contributed by atoms with Crippen molar-refractivity contribution in [2.45, 2.75) is 11.3 Å². The van der Waals surface area contributed by atoms with Crippen molar-refractivity contribution < 1.29 is 8.42 Å². The van der Waals surface area contributed by atoms with Crippen LogP contribution in [-0.2, 0) is 16.3 Å². The molecule has 0 N–H and O–H groups in total. The first-order chi connectivity index (χ1) is 8.58. The lowest BCUT2D eigenvalue weighted by Crippen LogP contribution is -2.09. The van der Waals surface area contributed by atoms with E-state index in [-0.39, 0.29) is 5.75 Å². The molecule has 0 bridgehead atoms. The van der Waals surface area contributed by atoms with Gasteiger partial charge in [-0.1, -0.05) is 41.9 Å². The topological polar surface area (TPSA) is 34.1 Å². The van der Waals surface area contributed by atoms with Crippen molar-refractivity contribution in [3.05, 3.63) is 65.2 Å². The first-order valence-corrected chi connectivity index (χ1v) is 7.63. The predicted molar refractivity (Wildman–Crippen MR) is 73.7 cm³/mol. The van der Waals surface area contributed by atoms with Gasteiger partial charge in [0.25, 0.3) is 0 Å². The van der Waals surface area contributed by atoms with Crippen LogP contribution in [0, 0.1) is 0 Å². The third kappa shape index (κ3) is 3.34. The molecule has 0 saturated heterocycles. The Morgan fingerprint density at radius 3 is 2.33 bits per heavy atom. The van der Waals surface area contributed by atoms with Crippen molar-refractivity contribution in [2.75, 3.05) is 5.75 Å². The summed E-state index contributed by atoms with van der Waals surface area (Å²) in [6, 6.07) is 15.8. The van der Waals surface area contributed by atoms with Gasteiger partial charge in [0.2, 0.25) is 0 Å². The van der Waals surface area contributed by atoms with Gasteiger partial charge in [-0.3, -0.25) is 0 Å². The molecule has 2 aromatic rings. The normalized spacial score (nSPS) is 11.4. The molecule has 0 heterocycles. The van der Waals surface area contributed by atoms with Gasteiger partial charge in [-0.15, -0.1) is 0 Å². The lowest BCUT2D eigenvalue weighted by Gasteiger charge is -2.04. The summed E-state index contributed by atoms with van der Waals surface area (Å²) >= 11 is 5.86. The van der Waals surface area contributed by atoms with Crippen LogP contribution in [0.5, 0.6) is 0 Å². The fourth-order valence-electron chi connectivity index (χ4n) is 1.69. The van der Waals surface area contributed by atoms with E-state index in [1.54, 1.807) is 42.5 Å². The van der Waals surface area contributed by atoms with Crippen molar-refractivity contribution >= 4 is 21.4 Å². The lowest BCUT2D eigenvalue weighted by molar-refractivity contribution is 0.595. The summed E-state index contributed by atoms with van der Waals surface area (Å²) in [6.07, 6.45) is 0.470. The molecule has 0 unspecified atom stereocenters. The van der Waals surface area contributed by atoms with E-state index in [1.165, 1.54) is 0 Å². The first-order valence-electron chi connectivity index (χ1n) is 5.60. The maximum Gasteiger partial charge on any atom is 0.178 e. The Bertz CT molecular complexity index is 621. The molecule has 0 aliphatic heterocycles. The highest BCUT2D eigenvalue weighted by molar-refractivity contribution is 7.91. The second-order valence-corrected chi connectivity index (χ2v) is 6.56. The number of halogens is 1. The summed E-state index contributed by atoms with van der Waals surface area (Å²) in [5, 5.41) is 0.629. The van der Waals surface area contributed by atoms with E-state index >= 15 is 0 Å². The molecule has 2 aromatic carbocycles. The van der Waals surface area contributed by atoms with Gasteiger partial charge in [-0.2, -0.15) is 0 Å². The second-order valence-electron chi connectivity index (χ2n) is 4.01. The van der Waals surface area contributed by atoms with Crippen LogP contribution in [0.25, 0.3) is 0 Å². The van der Waals surface area contributed by atoms with Crippen molar-refractivity contribution in [1.29, 1.82) is 0 Å². The zero-order chi connectivity index (χ0) is 13.0. The van der Waals surface area contributed by atoms with Crippen molar-refractivity contribution in [3.63, 3.8) is 0 Å². The van der Waals surface area contributed by atoms with Crippen molar-refractivity contribution in [1.82, 2.24) is 0 Å². The van der Waals surface area contributed by atoms with Crippen LogP contribution in [-0.4, -0.2) is 14.2 Å². The summed E-state index contributed by atoms with van der Waals surface area (Å²) in [4.78, 5) is 0.368. The van der Waals surface area contributed by atoms with E-state index in [0.717, 1.165) is 5.56 Å². The number of hydrogen-bond donors (Lipinski definition) is 0. The van der Waals surface area contributed by atoms with Gasteiger partial charge in [0.1, 0.15) is 0 Å². The molecule has 0 aliphatic rings. The highest BCUT2D eigenvalue weighted by atomic mass is 35.5. The second kappa shape index (κ2) is 5.55. The van der Waals surface area contributed by atoms with E-state index in [9.17, 15) is 8.42 Å². The smallest absolute Gasteiger partial charge is 0.178 e. The molecule has 2 nitrogen and oxygen atoms in total. The maximum absolute atomic E-state index is 12.1. The molecule has 0 aliphatic carbocycles.